The van der Waals surface area contributed by atoms with Crippen molar-refractivity contribution in [3.05, 3.63) is 33.8 Å². The molecule has 0 amide bonds. The lowest BCUT2D eigenvalue weighted by Crippen LogP contribution is -2.30. The van der Waals surface area contributed by atoms with E-state index >= 15 is 0 Å². The molecule has 1 unspecified atom stereocenters. The molecule has 0 aliphatic carbocycles. The summed E-state index contributed by atoms with van der Waals surface area (Å²) in [5.41, 5.74) is 1.08. The Hall–Kier alpha value is -0.240. The van der Waals surface area contributed by atoms with Crippen LogP contribution in [0, 0.1) is 17.8 Å². The van der Waals surface area contributed by atoms with Gasteiger partial charge in [-0.15, -0.1) is 0 Å². The molecule has 0 saturated carbocycles. The molecule has 1 rings (SSSR count). The van der Waals surface area contributed by atoms with Crippen LogP contribution >= 0.6 is 23.2 Å². The van der Waals surface area contributed by atoms with Crippen LogP contribution in [-0.4, -0.2) is 13.1 Å². The van der Waals surface area contributed by atoms with Crippen LogP contribution in [0.1, 0.15) is 33.3 Å². The van der Waals surface area contributed by atoms with E-state index in [0.717, 1.165) is 35.1 Å². The summed E-state index contributed by atoms with van der Waals surface area (Å²) in [5, 5.41) is 5.10. The third-order valence-corrected chi connectivity index (χ3v) is 4.14. The number of benzene rings is 1. The predicted molar refractivity (Wildman–Crippen MR) is 86.2 cm³/mol. The third kappa shape index (κ3) is 5.72. The number of halogens is 2. The van der Waals surface area contributed by atoms with Crippen LogP contribution < -0.4 is 5.32 Å². The van der Waals surface area contributed by atoms with Gasteiger partial charge in [-0.2, -0.15) is 0 Å². The molecule has 108 valence electrons. The molecule has 0 spiro atoms. The van der Waals surface area contributed by atoms with Crippen LogP contribution in [0.2, 0.25) is 10.0 Å². The Labute approximate surface area is 127 Å². The Balaban J connectivity index is 2.68. The molecule has 0 aliphatic rings. The van der Waals surface area contributed by atoms with Crippen molar-refractivity contribution >= 4 is 23.2 Å². The highest BCUT2D eigenvalue weighted by atomic mass is 35.5. The lowest BCUT2D eigenvalue weighted by atomic mass is 9.89. The average molecular weight is 302 g/mol. The zero-order chi connectivity index (χ0) is 14.4. The maximum atomic E-state index is 6.26. The van der Waals surface area contributed by atoms with Gasteiger partial charge in [0.25, 0.3) is 0 Å². The van der Waals surface area contributed by atoms with Gasteiger partial charge in [0.05, 0.1) is 0 Å². The van der Waals surface area contributed by atoms with E-state index in [2.05, 4.69) is 33.0 Å². The van der Waals surface area contributed by atoms with Gasteiger partial charge in [-0.3, -0.25) is 0 Å². The van der Waals surface area contributed by atoms with Crippen LogP contribution in [0.15, 0.2) is 18.2 Å². The van der Waals surface area contributed by atoms with Crippen LogP contribution in [0.25, 0.3) is 0 Å². The molecular weight excluding hydrogens is 277 g/mol. The smallest absolute Gasteiger partial charge is 0.0452 e. The molecule has 1 aromatic carbocycles. The van der Waals surface area contributed by atoms with E-state index in [4.69, 9.17) is 23.2 Å². The molecule has 1 nitrogen and oxygen atoms in total. The van der Waals surface area contributed by atoms with Gasteiger partial charge in [0.1, 0.15) is 0 Å². The van der Waals surface area contributed by atoms with E-state index in [-0.39, 0.29) is 0 Å². The molecule has 1 atom stereocenters. The molecule has 0 bridgehead atoms. The zero-order valence-electron chi connectivity index (χ0n) is 12.3. The second kappa shape index (κ2) is 8.14. The first-order valence-electron chi connectivity index (χ1n) is 7.05. The first kappa shape index (κ1) is 16.8. The fraction of sp³-hybridized carbons (Fsp3) is 0.625. The van der Waals surface area contributed by atoms with Gasteiger partial charge < -0.3 is 5.32 Å². The summed E-state index contributed by atoms with van der Waals surface area (Å²) < 4.78 is 0. The Bertz CT molecular complexity index is 368. The zero-order valence-corrected chi connectivity index (χ0v) is 13.9. The van der Waals surface area contributed by atoms with Crippen molar-refractivity contribution in [1.29, 1.82) is 0 Å². The van der Waals surface area contributed by atoms with Crippen LogP contribution in [-0.2, 0) is 6.42 Å². The predicted octanol–water partition coefficient (Wildman–Crippen LogP) is 5.05. The largest absolute Gasteiger partial charge is 0.316 e. The second-order valence-corrected chi connectivity index (χ2v) is 6.77. The first-order chi connectivity index (χ1) is 8.91. The highest BCUT2D eigenvalue weighted by molar-refractivity contribution is 6.35. The van der Waals surface area contributed by atoms with Crippen molar-refractivity contribution in [2.75, 3.05) is 13.1 Å². The van der Waals surface area contributed by atoms with Crippen molar-refractivity contribution in [3.8, 4) is 0 Å². The number of rotatable bonds is 7. The molecule has 3 heteroatoms. The minimum Gasteiger partial charge on any atom is -0.316 e. The van der Waals surface area contributed by atoms with Crippen LogP contribution in [0.3, 0.4) is 0 Å². The molecule has 0 heterocycles. The fourth-order valence-corrected chi connectivity index (χ4v) is 2.64. The van der Waals surface area contributed by atoms with Crippen molar-refractivity contribution in [3.63, 3.8) is 0 Å². The molecule has 0 saturated heterocycles. The molecule has 0 aromatic heterocycles. The topological polar surface area (TPSA) is 12.0 Å². The van der Waals surface area contributed by atoms with Crippen LogP contribution in [0.4, 0.5) is 0 Å². The Morgan fingerprint density at radius 3 is 2.05 bits per heavy atom. The first-order valence-corrected chi connectivity index (χ1v) is 7.81. The minimum atomic E-state index is 0.552. The van der Waals surface area contributed by atoms with Gasteiger partial charge in [-0.1, -0.05) is 57.0 Å². The molecule has 1 N–H and O–H groups in total. The van der Waals surface area contributed by atoms with E-state index in [1.165, 1.54) is 0 Å². The van der Waals surface area contributed by atoms with E-state index in [9.17, 15) is 0 Å². The normalized spacial score (nSPS) is 13.3. The maximum absolute atomic E-state index is 6.26. The molecule has 1 aromatic rings. The van der Waals surface area contributed by atoms with Crippen molar-refractivity contribution in [2.24, 2.45) is 17.8 Å². The fourth-order valence-electron chi connectivity index (χ4n) is 2.09. The van der Waals surface area contributed by atoms with Gasteiger partial charge >= 0.3 is 0 Å². The Morgan fingerprint density at radius 1 is 1.00 bits per heavy atom. The standard InChI is InChI=1S/C16H25Cl2N/c1-11(2)9-19-10-13(12(3)4)8-14-15(17)6-5-7-16(14)18/h5-7,11-13,19H,8-10H2,1-4H3. The summed E-state index contributed by atoms with van der Waals surface area (Å²) in [4.78, 5) is 0. The summed E-state index contributed by atoms with van der Waals surface area (Å²) in [6.45, 7) is 11.0. The average Bonchev–Trinajstić information content (AvgIpc) is 2.31. The molecule has 0 radical (unpaired) electrons. The number of hydrogen-bond acceptors (Lipinski definition) is 1. The summed E-state index contributed by atoms with van der Waals surface area (Å²) in [7, 11) is 0. The maximum Gasteiger partial charge on any atom is 0.0452 e. The van der Waals surface area contributed by atoms with E-state index < -0.39 is 0 Å². The van der Waals surface area contributed by atoms with Gasteiger partial charge in [0.15, 0.2) is 0 Å². The number of nitrogens with one attached hydrogen (secondary N) is 1. The summed E-state index contributed by atoms with van der Waals surface area (Å²) >= 11 is 12.5. The van der Waals surface area contributed by atoms with Crippen LogP contribution in [0.5, 0.6) is 0 Å². The van der Waals surface area contributed by atoms with E-state index in [1.54, 1.807) is 0 Å². The molecule has 19 heavy (non-hydrogen) atoms. The van der Waals surface area contributed by atoms with Gasteiger partial charge in [0, 0.05) is 10.0 Å². The Kier molecular flexibility index (Phi) is 7.20. The highest BCUT2D eigenvalue weighted by Gasteiger charge is 2.17. The lowest BCUT2D eigenvalue weighted by Gasteiger charge is -2.23. The summed E-state index contributed by atoms with van der Waals surface area (Å²) in [6.07, 6.45) is 0.932. The highest BCUT2D eigenvalue weighted by Crippen LogP contribution is 2.28. The van der Waals surface area contributed by atoms with E-state index in [0.29, 0.717) is 17.8 Å². The van der Waals surface area contributed by atoms with Crippen molar-refractivity contribution < 1.29 is 0 Å². The number of hydrogen-bond donors (Lipinski definition) is 1. The van der Waals surface area contributed by atoms with Crippen molar-refractivity contribution in [2.45, 2.75) is 34.1 Å². The summed E-state index contributed by atoms with van der Waals surface area (Å²) in [5.74, 6) is 1.83. The van der Waals surface area contributed by atoms with Gasteiger partial charge in [-0.05, 0) is 55.0 Å². The summed E-state index contributed by atoms with van der Waals surface area (Å²) in [6, 6.07) is 5.74. The van der Waals surface area contributed by atoms with Gasteiger partial charge in [-0.25, -0.2) is 0 Å². The van der Waals surface area contributed by atoms with Crippen molar-refractivity contribution in [1.82, 2.24) is 5.32 Å². The van der Waals surface area contributed by atoms with Gasteiger partial charge in [0.2, 0.25) is 0 Å². The molecule has 0 aliphatic heterocycles. The Morgan fingerprint density at radius 2 is 1.58 bits per heavy atom. The third-order valence-electron chi connectivity index (χ3n) is 3.43. The quantitative estimate of drug-likeness (QED) is 0.743. The second-order valence-electron chi connectivity index (χ2n) is 5.96. The molecular formula is C16H25Cl2N. The monoisotopic (exact) mass is 301 g/mol. The van der Waals surface area contributed by atoms with E-state index in [1.807, 2.05) is 18.2 Å². The molecule has 0 fully saturated rings. The SMILES string of the molecule is CC(C)CNCC(Cc1c(Cl)cccc1Cl)C(C)C. The minimum absolute atomic E-state index is 0.552. The lowest BCUT2D eigenvalue weighted by molar-refractivity contribution is 0.352.